The van der Waals surface area contributed by atoms with Crippen LogP contribution in [0.25, 0.3) is 0 Å². The predicted molar refractivity (Wildman–Crippen MR) is 81.3 cm³/mol. The summed E-state index contributed by atoms with van der Waals surface area (Å²) in [4.78, 5) is 0.394. The molecule has 0 spiro atoms. The van der Waals surface area contributed by atoms with E-state index in [1.165, 1.54) is 0 Å². The van der Waals surface area contributed by atoms with Gasteiger partial charge in [0.05, 0.1) is 4.47 Å². The first-order valence-corrected chi connectivity index (χ1v) is 6.61. The van der Waals surface area contributed by atoms with E-state index >= 15 is 0 Å². The lowest BCUT2D eigenvalue weighted by Gasteiger charge is -2.11. The highest BCUT2D eigenvalue weighted by Crippen LogP contribution is 2.31. The van der Waals surface area contributed by atoms with E-state index in [4.69, 9.17) is 22.7 Å². The van der Waals surface area contributed by atoms with Gasteiger partial charge in [-0.15, -0.1) is 0 Å². The number of para-hydroxylation sites is 1. The van der Waals surface area contributed by atoms with Crippen molar-refractivity contribution in [1.29, 1.82) is 0 Å². The van der Waals surface area contributed by atoms with Crippen LogP contribution in [0.3, 0.4) is 0 Å². The normalized spacial score (nSPS) is 10.1. The fraction of sp³-hybridized carbons (Fsp3) is 0.0714. The van der Waals surface area contributed by atoms with Crippen LogP contribution in [0.1, 0.15) is 11.1 Å². The molecule has 0 aliphatic heterocycles. The summed E-state index contributed by atoms with van der Waals surface area (Å²) in [5.41, 5.74) is 7.44. The molecule has 0 radical (unpaired) electrons. The molecule has 0 heterocycles. The summed E-state index contributed by atoms with van der Waals surface area (Å²) in [5.74, 6) is 1.57. The fourth-order valence-electron chi connectivity index (χ4n) is 1.56. The van der Waals surface area contributed by atoms with Gasteiger partial charge in [-0.3, -0.25) is 0 Å². The summed E-state index contributed by atoms with van der Waals surface area (Å²) in [7, 11) is 0. The van der Waals surface area contributed by atoms with E-state index < -0.39 is 0 Å². The van der Waals surface area contributed by atoms with Gasteiger partial charge in [-0.25, -0.2) is 0 Å². The third kappa shape index (κ3) is 2.89. The van der Waals surface area contributed by atoms with Gasteiger partial charge in [0.15, 0.2) is 0 Å². The molecule has 2 N–H and O–H groups in total. The molecule has 0 atom stereocenters. The molecule has 0 aliphatic rings. The van der Waals surface area contributed by atoms with Crippen LogP contribution in [-0.4, -0.2) is 4.99 Å². The van der Waals surface area contributed by atoms with Crippen LogP contribution in [0.15, 0.2) is 46.9 Å². The van der Waals surface area contributed by atoms with Gasteiger partial charge in [0.25, 0.3) is 0 Å². The highest BCUT2D eigenvalue weighted by atomic mass is 79.9. The van der Waals surface area contributed by atoms with Crippen molar-refractivity contribution in [3.05, 3.63) is 58.1 Å². The molecule has 0 aliphatic carbocycles. The summed E-state index contributed by atoms with van der Waals surface area (Å²) < 4.78 is 6.76. The molecule has 0 aromatic heterocycles. The van der Waals surface area contributed by atoms with Crippen LogP contribution >= 0.6 is 28.1 Å². The second-order valence-corrected chi connectivity index (χ2v) is 5.17. The molecule has 0 fully saturated rings. The molecule has 0 saturated carbocycles. The number of halogens is 1. The van der Waals surface area contributed by atoms with Crippen LogP contribution in [0.2, 0.25) is 0 Å². The molecule has 2 nitrogen and oxygen atoms in total. The Hall–Kier alpha value is -1.39. The number of thiocarbonyl (C=S) groups is 1. The summed E-state index contributed by atoms with van der Waals surface area (Å²) in [6, 6.07) is 13.4. The molecule has 2 aromatic carbocycles. The van der Waals surface area contributed by atoms with Gasteiger partial charge in [0.2, 0.25) is 0 Å². The summed E-state index contributed by atoms with van der Waals surface area (Å²) in [6.07, 6.45) is 0. The van der Waals surface area contributed by atoms with Crippen molar-refractivity contribution in [2.75, 3.05) is 0 Å². The highest BCUT2D eigenvalue weighted by Gasteiger charge is 2.06. The number of ether oxygens (including phenoxy) is 1. The Kier molecular flexibility index (Phi) is 3.99. The lowest BCUT2D eigenvalue weighted by Crippen LogP contribution is -2.09. The van der Waals surface area contributed by atoms with E-state index in [-0.39, 0.29) is 0 Å². The van der Waals surface area contributed by atoms with E-state index in [0.717, 1.165) is 27.1 Å². The molecule has 0 saturated heterocycles. The van der Waals surface area contributed by atoms with Crippen LogP contribution in [0.4, 0.5) is 0 Å². The standard InChI is InChI=1S/C14H12BrNOS/c1-9-8-10(14(16)18)6-7-12(9)17-13-5-3-2-4-11(13)15/h2-8H,1H3,(H2,16,18). The number of rotatable bonds is 3. The number of hydrogen-bond donors (Lipinski definition) is 1. The quantitative estimate of drug-likeness (QED) is 0.861. The van der Waals surface area contributed by atoms with Gasteiger partial charge >= 0.3 is 0 Å². The summed E-state index contributed by atoms with van der Waals surface area (Å²) in [5, 5.41) is 0. The topological polar surface area (TPSA) is 35.2 Å². The molecular formula is C14H12BrNOS. The van der Waals surface area contributed by atoms with E-state index in [2.05, 4.69) is 15.9 Å². The molecule has 0 bridgehead atoms. The van der Waals surface area contributed by atoms with Gasteiger partial charge in [0, 0.05) is 5.56 Å². The van der Waals surface area contributed by atoms with Gasteiger partial charge < -0.3 is 10.5 Å². The first kappa shape index (κ1) is 13.1. The maximum atomic E-state index is 5.84. The van der Waals surface area contributed by atoms with Crippen LogP contribution in [-0.2, 0) is 0 Å². The van der Waals surface area contributed by atoms with Crippen molar-refractivity contribution < 1.29 is 4.74 Å². The minimum Gasteiger partial charge on any atom is -0.456 e. The molecule has 0 unspecified atom stereocenters. The van der Waals surface area contributed by atoms with E-state index in [1.54, 1.807) is 0 Å². The lowest BCUT2D eigenvalue weighted by atomic mass is 10.1. The largest absolute Gasteiger partial charge is 0.456 e. The molecule has 18 heavy (non-hydrogen) atoms. The predicted octanol–water partition coefficient (Wildman–Crippen LogP) is 4.18. The summed E-state index contributed by atoms with van der Waals surface area (Å²) in [6.45, 7) is 1.97. The van der Waals surface area contributed by atoms with Crippen molar-refractivity contribution in [2.24, 2.45) is 5.73 Å². The third-order valence-electron chi connectivity index (χ3n) is 2.52. The van der Waals surface area contributed by atoms with Gasteiger partial charge in [0.1, 0.15) is 16.5 Å². The number of aryl methyl sites for hydroxylation is 1. The smallest absolute Gasteiger partial charge is 0.141 e. The van der Waals surface area contributed by atoms with Gasteiger partial charge in [-0.2, -0.15) is 0 Å². The lowest BCUT2D eigenvalue weighted by molar-refractivity contribution is 0.476. The van der Waals surface area contributed by atoms with Crippen molar-refractivity contribution in [3.8, 4) is 11.5 Å². The average Bonchev–Trinajstić information content (AvgIpc) is 2.34. The Labute approximate surface area is 120 Å². The van der Waals surface area contributed by atoms with E-state index in [1.807, 2.05) is 49.4 Å². The average molecular weight is 322 g/mol. The molecule has 2 rings (SSSR count). The minimum absolute atomic E-state index is 0.394. The van der Waals surface area contributed by atoms with Crippen molar-refractivity contribution in [2.45, 2.75) is 6.92 Å². The monoisotopic (exact) mass is 321 g/mol. The Morgan fingerprint density at radius 2 is 1.89 bits per heavy atom. The Morgan fingerprint density at radius 3 is 2.50 bits per heavy atom. The van der Waals surface area contributed by atoms with Crippen LogP contribution < -0.4 is 10.5 Å². The second kappa shape index (κ2) is 5.50. The molecule has 0 amide bonds. The first-order chi connectivity index (χ1) is 8.58. The highest BCUT2D eigenvalue weighted by molar-refractivity contribution is 9.10. The van der Waals surface area contributed by atoms with Crippen LogP contribution in [0.5, 0.6) is 11.5 Å². The Balaban J connectivity index is 2.30. The van der Waals surface area contributed by atoms with Gasteiger partial charge in [-0.1, -0.05) is 24.4 Å². The van der Waals surface area contributed by atoms with Crippen molar-refractivity contribution in [3.63, 3.8) is 0 Å². The Bertz CT molecular complexity index is 598. The second-order valence-electron chi connectivity index (χ2n) is 3.88. The zero-order valence-electron chi connectivity index (χ0n) is 9.81. The number of hydrogen-bond acceptors (Lipinski definition) is 2. The number of benzene rings is 2. The third-order valence-corrected chi connectivity index (χ3v) is 3.41. The number of nitrogens with two attached hydrogens (primary N) is 1. The van der Waals surface area contributed by atoms with Crippen molar-refractivity contribution >= 4 is 33.1 Å². The molecule has 2 aromatic rings. The molecular weight excluding hydrogens is 310 g/mol. The fourth-order valence-corrected chi connectivity index (χ4v) is 2.06. The van der Waals surface area contributed by atoms with E-state index in [0.29, 0.717) is 4.99 Å². The van der Waals surface area contributed by atoms with E-state index in [9.17, 15) is 0 Å². The maximum Gasteiger partial charge on any atom is 0.141 e. The first-order valence-electron chi connectivity index (χ1n) is 5.41. The zero-order chi connectivity index (χ0) is 13.1. The van der Waals surface area contributed by atoms with Crippen LogP contribution in [0, 0.1) is 6.92 Å². The SMILES string of the molecule is Cc1cc(C(N)=S)ccc1Oc1ccccc1Br. The van der Waals surface area contributed by atoms with Gasteiger partial charge in [-0.05, 0) is 58.7 Å². The molecule has 92 valence electrons. The minimum atomic E-state index is 0.394. The summed E-state index contributed by atoms with van der Waals surface area (Å²) >= 11 is 8.40. The Morgan fingerprint density at radius 1 is 1.17 bits per heavy atom. The maximum absolute atomic E-state index is 5.84. The zero-order valence-corrected chi connectivity index (χ0v) is 12.2. The van der Waals surface area contributed by atoms with Crippen molar-refractivity contribution in [1.82, 2.24) is 0 Å². The molecule has 4 heteroatoms.